The number of carbonyl (C=O) groups is 1. The molecule has 3 nitrogen and oxygen atoms in total. The van der Waals surface area contributed by atoms with Gasteiger partial charge in [0, 0.05) is 24.7 Å². The molecular formula is C13H17FN2O. The van der Waals surface area contributed by atoms with Crippen LogP contribution < -0.4 is 5.73 Å². The first-order valence-electron chi connectivity index (χ1n) is 5.90. The molecule has 1 saturated heterocycles. The largest absolute Gasteiger partial charge is 0.334 e. The third-order valence-electron chi connectivity index (χ3n) is 3.33. The Hall–Kier alpha value is -1.42. The molecule has 1 aliphatic rings. The van der Waals surface area contributed by atoms with Crippen LogP contribution in [0.2, 0.25) is 0 Å². The fraction of sp³-hybridized carbons (Fsp3) is 0.462. The fourth-order valence-corrected chi connectivity index (χ4v) is 2.37. The number of hydrogen-bond acceptors (Lipinski definition) is 2. The van der Waals surface area contributed by atoms with Crippen LogP contribution in [0.5, 0.6) is 0 Å². The quantitative estimate of drug-likeness (QED) is 0.849. The van der Waals surface area contributed by atoms with Crippen molar-refractivity contribution in [3.05, 3.63) is 35.1 Å². The Morgan fingerprint density at radius 2 is 2.35 bits per heavy atom. The maximum atomic E-state index is 13.0. The molecule has 1 aromatic carbocycles. The fourth-order valence-electron chi connectivity index (χ4n) is 2.37. The predicted octanol–water partition coefficient (Wildman–Crippen LogP) is 1.70. The van der Waals surface area contributed by atoms with Crippen LogP contribution >= 0.6 is 0 Å². The van der Waals surface area contributed by atoms with Crippen LogP contribution in [0.4, 0.5) is 4.39 Å². The van der Waals surface area contributed by atoms with Crippen molar-refractivity contribution < 1.29 is 9.18 Å². The lowest BCUT2D eigenvalue weighted by molar-refractivity contribution is 0.0740. The van der Waals surface area contributed by atoms with Crippen molar-refractivity contribution in [3.8, 4) is 0 Å². The second-order valence-electron chi connectivity index (χ2n) is 4.49. The number of halogens is 1. The van der Waals surface area contributed by atoms with Gasteiger partial charge in [0.25, 0.3) is 5.91 Å². The van der Waals surface area contributed by atoms with E-state index in [9.17, 15) is 9.18 Å². The summed E-state index contributed by atoms with van der Waals surface area (Å²) in [5.41, 5.74) is 6.90. The molecule has 0 radical (unpaired) electrons. The van der Waals surface area contributed by atoms with Crippen molar-refractivity contribution in [2.75, 3.05) is 13.1 Å². The second-order valence-corrected chi connectivity index (χ2v) is 4.49. The Bertz CT molecular complexity index is 433. The second kappa shape index (κ2) is 4.84. The smallest absolute Gasteiger partial charge is 0.254 e. The van der Waals surface area contributed by atoms with E-state index in [4.69, 9.17) is 5.73 Å². The highest BCUT2D eigenvalue weighted by molar-refractivity contribution is 5.96. The van der Waals surface area contributed by atoms with Crippen LogP contribution in [-0.4, -0.2) is 29.9 Å². The van der Waals surface area contributed by atoms with Gasteiger partial charge < -0.3 is 10.6 Å². The molecule has 17 heavy (non-hydrogen) atoms. The molecule has 1 atom stereocenters. The number of likely N-dealkylation sites (tertiary alicyclic amines) is 1. The molecule has 1 aliphatic heterocycles. The topological polar surface area (TPSA) is 46.3 Å². The van der Waals surface area contributed by atoms with Crippen LogP contribution in [0.1, 0.15) is 28.8 Å². The molecule has 92 valence electrons. The van der Waals surface area contributed by atoms with E-state index in [1.54, 1.807) is 17.9 Å². The van der Waals surface area contributed by atoms with Crippen molar-refractivity contribution in [2.45, 2.75) is 25.8 Å². The summed E-state index contributed by atoms with van der Waals surface area (Å²) in [6.45, 7) is 2.99. The van der Waals surface area contributed by atoms with E-state index in [1.165, 1.54) is 12.1 Å². The molecular weight excluding hydrogens is 219 g/mol. The zero-order chi connectivity index (χ0) is 12.4. The first-order valence-corrected chi connectivity index (χ1v) is 5.90. The van der Waals surface area contributed by atoms with Crippen LogP contribution in [0.3, 0.4) is 0 Å². The van der Waals surface area contributed by atoms with Crippen molar-refractivity contribution in [1.29, 1.82) is 0 Å². The maximum Gasteiger partial charge on any atom is 0.254 e. The van der Waals surface area contributed by atoms with Crippen LogP contribution in [0.25, 0.3) is 0 Å². The predicted molar refractivity (Wildman–Crippen MR) is 64.2 cm³/mol. The molecule has 1 aromatic rings. The summed E-state index contributed by atoms with van der Waals surface area (Å²) in [6, 6.07) is 4.40. The third-order valence-corrected chi connectivity index (χ3v) is 3.33. The molecule has 2 rings (SSSR count). The Morgan fingerprint density at radius 3 is 3.00 bits per heavy atom. The minimum Gasteiger partial charge on any atom is -0.334 e. The van der Waals surface area contributed by atoms with Gasteiger partial charge in [-0.1, -0.05) is 0 Å². The molecule has 4 heteroatoms. The standard InChI is InChI=1S/C13H17FN2O/c1-9-7-10(14)4-5-12(9)13(17)16-6-2-3-11(16)8-15/h4-5,7,11H,2-3,6,8,15H2,1H3. The van der Waals surface area contributed by atoms with Crippen molar-refractivity contribution in [1.82, 2.24) is 4.90 Å². The van der Waals surface area contributed by atoms with Crippen molar-refractivity contribution in [2.24, 2.45) is 5.73 Å². The van der Waals surface area contributed by atoms with Crippen molar-refractivity contribution in [3.63, 3.8) is 0 Å². The highest BCUT2D eigenvalue weighted by Crippen LogP contribution is 2.21. The van der Waals surface area contributed by atoms with Gasteiger partial charge in [0.2, 0.25) is 0 Å². The number of carbonyl (C=O) groups excluding carboxylic acids is 1. The summed E-state index contributed by atoms with van der Waals surface area (Å²) in [7, 11) is 0. The van der Waals surface area contributed by atoms with Crippen LogP contribution in [0.15, 0.2) is 18.2 Å². The van der Waals surface area contributed by atoms with E-state index in [1.807, 2.05) is 0 Å². The summed E-state index contributed by atoms with van der Waals surface area (Å²) in [6.07, 6.45) is 1.95. The van der Waals surface area contributed by atoms with Crippen LogP contribution in [0, 0.1) is 12.7 Å². The Balaban J connectivity index is 2.24. The number of amides is 1. The SMILES string of the molecule is Cc1cc(F)ccc1C(=O)N1CCCC1CN. The molecule has 0 aromatic heterocycles. The van der Waals surface area contributed by atoms with Gasteiger partial charge in [0.05, 0.1) is 0 Å². The first-order chi connectivity index (χ1) is 8.13. The number of benzene rings is 1. The molecule has 2 N–H and O–H groups in total. The van der Waals surface area contributed by atoms with E-state index < -0.39 is 0 Å². The molecule has 0 spiro atoms. The lowest BCUT2D eigenvalue weighted by atomic mass is 10.1. The van der Waals surface area contributed by atoms with Gasteiger partial charge >= 0.3 is 0 Å². The summed E-state index contributed by atoms with van der Waals surface area (Å²) in [5, 5.41) is 0. The van der Waals surface area contributed by atoms with E-state index in [0.29, 0.717) is 17.7 Å². The molecule has 1 heterocycles. The van der Waals surface area contributed by atoms with Gasteiger partial charge in [0.1, 0.15) is 5.82 Å². The zero-order valence-electron chi connectivity index (χ0n) is 9.95. The number of hydrogen-bond donors (Lipinski definition) is 1. The normalized spacial score (nSPS) is 19.7. The molecule has 0 aliphatic carbocycles. The molecule has 1 fully saturated rings. The van der Waals surface area contributed by atoms with Gasteiger partial charge in [-0.2, -0.15) is 0 Å². The third kappa shape index (κ3) is 2.31. The number of aryl methyl sites for hydroxylation is 1. The van der Waals surface area contributed by atoms with Crippen molar-refractivity contribution >= 4 is 5.91 Å². The first kappa shape index (κ1) is 12.0. The monoisotopic (exact) mass is 236 g/mol. The summed E-state index contributed by atoms with van der Waals surface area (Å²) in [5.74, 6) is -0.341. The molecule has 1 unspecified atom stereocenters. The molecule has 0 bridgehead atoms. The van der Waals surface area contributed by atoms with E-state index >= 15 is 0 Å². The number of rotatable bonds is 2. The number of nitrogens with two attached hydrogens (primary N) is 1. The molecule has 1 amide bonds. The average molecular weight is 236 g/mol. The summed E-state index contributed by atoms with van der Waals surface area (Å²) >= 11 is 0. The summed E-state index contributed by atoms with van der Waals surface area (Å²) in [4.78, 5) is 14.1. The highest BCUT2D eigenvalue weighted by atomic mass is 19.1. The van der Waals surface area contributed by atoms with Gasteiger partial charge in [0.15, 0.2) is 0 Å². The average Bonchev–Trinajstić information content (AvgIpc) is 2.76. The van der Waals surface area contributed by atoms with E-state index in [0.717, 1.165) is 19.4 Å². The minimum atomic E-state index is -0.309. The minimum absolute atomic E-state index is 0.0320. The molecule has 0 saturated carbocycles. The zero-order valence-corrected chi connectivity index (χ0v) is 9.95. The van der Waals surface area contributed by atoms with E-state index in [2.05, 4.69) is 0 Å². The van der Waals surface area contributed by atoms with E-state index in [-0.39, 0.29) is 17.8 Å². The Kier molecular flexibility index (Phi) is 3.43. The lowest BCUT2D eigenvalue weighted by Crippen LogP contribution is -2.40. The highest BCUT2D eigenvalue weighted by Gasteiger charge is 2.28. The Morgan fingerprint density at radius 1 is 1.59 bits per heavy atom. The van der Waals surface area contributed by atoms with Crippen LogP contribution in [-0.2, 0) is 0 Å². The van der Waals surface area contributed by atoms with Gasteiger partial charge in [-0.15, -0.1) is 0 Å². The van der Waals surface area contributed by atoms with Gasteiger partial charge in [-0.25, -0.2) is 4.39 Å². The summed E-state index contributed by atoms with van der Waals surface area (Å²) < 4.78 is 13.0. The Labute approximate surface area is 100 Å². The van der Waals surface area contributed by atoms with Gasteiger partial charge in [-0.05, 0) is 43.5 Å². The number of nitrogens with zero attached hydrogens (tertiary/aromatic N) is 1. The maximum absolute atomic E-state index is 13.0. The lowest BCUT2D eigenvalue weighted by Gasteiger charge is -2.24. The van der Waals surface area contributed by atoms with Gasteiger partial charge in [-0.3, -0.25) is 4.79 Å².